The van der Waals surface area contributed by atoms with Gasteiger partial charge in [-0.25, -0.2) is 0 Å². The molecule has 2 heteroatoms. The summed E-state index contributed by atoms with van der Waals surface area (Å²) in [7, 11) is 0. The molecule has 2 rings (SSSR count). The van der Waals surface area contributed by atoms with Crippen molar-refractivity contribution in [1.82, 2.24) is 0 Å². The minimum atomic E-state index is 0.512. The fourth-order valence-corrected chi connectivity index (χ4v) is 1.83. The Bertz CT molecular complexity index is 327. The molecule has 1 aliphatic heterocycles. The van der Waals surface area contributed by atoms with Crippen LogP contribution < -0.4 is 4.90 Å². The van der Waals surface area contributed by atoms with Gasteiger partial charge in [0.25, 0.3) is 0 Å². The summed E-state index contributed by atoms with van der Waals surface area (Å²) in [5, 5.41) is 0. The van der Waals surface area contributed by atoms with E-state index in [9.17, 15) is 0 Å². The smallest absolute Gasteiger partial charge is 0.106 e. The number of nitrogens with zero attached hydrogens (tertiary/aromatic N) is 2. The molecule has 14 heavy (non-hydrogen) atoms. The number of hydrogen-bond acceptors (Lipinski definition) is 2. The van der Waals surface area contributed by atoms with Gasteiger partial charge in [0.1, 0.15) is 5.84 Å². The van der Waals surface area contributed by atoms with Gasteiger partial charge in [-0.3, -0.25) is 4.99 Å². The van der Waals surface area contributed by atoms with Crippen LogP contribution in [0.3, 0.4) is 0 Å². The highest BCUT2D eigenvalue weighted by atomic mass is 15.2. The number of rotatable bonds is 2. The van der Waals surface area contributed by atoms with E-state index < -0.39 is 0 Å². The second-order valence-electron chi connectivity index (χ2n) is 3.88. The van der Waals surface area contributed by atoms with E-state index in [1.165, 1.54) is 11.5 Å². The van der Waals surface area contributed by atoms with E-state index in [4.69, 9.17) is 0 Å². The molecule has 0 atom stereocenters. The zero-order chi connectivity index (χ0) is 9.97. The Kier molecular flexibility index (Phi) is 2.53. The maximum absolute atomic E-state index is 4.54. The number of amidine groups is 1. The molecule has 0 saturated heterocycles. The summed E-state index contributed by atoms with van der Waals surface area (Å²) in [4.78, 5) is 6.85. The van der Waals surface area contributed by atoms with Crippen LogP contribution in [0.15, 0.2) is 35.3 Å². The van der Waals surface area contributed by atoms with Gasteiger partial charge in [-0.2, -0.15) is 0 Å². The third kappa shape index (κ3) is 1.65. The summed E-state index contributed by atoms with van der Waals surface area (Å²) < 4.78 is 0. The van der Waals surface area contributed by atoms with Crippen LogP contribution in [-0.2, 0) is 0 Å². The van der Waals surface area contributed by atoms with Gasteiger partial charge in [0.15, 0.2) is 0 Å². The molecule has 0 N–H and O–H groups in total. The first-order chi connectivity index (χ1) is 6.79. The lowest BCUT2D eigenvalue weighted by Crippen LogP contribution is -2.30. The second-order valence-corrected chi connectivity index (χ2v) is 3.88. The standard InChI is InChI=1S/C12H16N2/c1-10(2)12-13-8-9-14(12)11-6-4-3-5-7-11/h3-7,10H,8-9H2,1-2H3. The average molecular weight is 188 g/mol. The second kappa shape index (κ2) is 3.82. The molecular formula is C12H16N2. The van der Waals surface area contributed by atoms with Gasteiger partial charge in [0.2, 0.25) is 0 Å². The highest BCUT2D eigenvalue weighted by Crippen LogP contribution is 2.19. The molecule has 0 saturated carbocycles. The van der Waals surface area contributed by atoms with Gasteiger partial charge in [0, 0.05) is 18.2 Å². The molecule has 0 bridgehead atoms. The summed E-state index contributed by atoms with van der Waals surface area (Å²) in [5.41, 5.74) is 1.26. The molecule has 1 aliphatic rings. The first kappa shape index (κ1) is 9.25. The lowest BCUT2D eigenvalue weighted by Gasteiger charge is -2.22. The fourth-order valence-electron chi connectivity index (χ4n) is 1.83. The highest BCUT2D eigenvalue weighted by Gasteiger charge is 2.20. The van der Waals surface area contributed by atoms with Gasteiger partial charge >= 0.3 is 0 Å². The topological polar surface area (TPSA) is 15.6 Å². The minimum Gasteiger partial charge on any atom is -0.328 e. The van der Waals surface area contributed by atoms with E-state index in [2.05, 4.69) is 48.0 Å². The normalized spacial score (nSPS) is 16.2. The molecule has 1 heterocycles. The van der Waals surface area contributed by atoms with E-state index in [1.807, 2.05) is 6.07 Å². The molecule has 0 spiro atoms. The largest absolute Gasteiger partial charge is 0.328 e. The van der Waals surface area contributed by atoms with Crippen LogP contribution in [-0.4, -0.2) is 18.9 Å². The molecule has 0 radical (unpaired) electrons. The van der Waals surface area contributed by atoms with Crippen LogP contribution >= 0.6 is 0 Å². The van der Waals surface area contributed by atoms with Crippen molar-refractivity contribution in [3.05, 3.63) is 30.3 Å². The van der Waals surface area contributed by atoms with E-state index in [1.54, 1.807) is 0 Å². The Morgan fingerprint density at radius 3 is 2.57 bits per heavy atom. The van der Waals surface area contributed by atoms with Crippen molar-refractivity contribution >= 4 is 11.5 Å². The fraction of sp³-hybridized carbons (Fsp3) is 0.417. The first-order valence-corrected chi connectivity index (χ1v) is 5.16. The van der Waals surface area contributed by atoms with Crippen LogP contribution in [0.1, 0.15) is 13.8 Å². The number of benzene rings is 1. The van der Waals surface area contributed by atoms with E-state index in [-0.39, 0.29) is 0 Å². The zero-order valence-electron chi connectivity index (χ0n) is 8.77. The monoisotopic (exact) mass is 188 g/mol. The van der Waals surface area contributed by atoms with Crippen LogP contribution in [0.25, 0.3) is 0 Å². The number of aliphatic imine (C=N–C) groups is 1. The maximum Gasteiger partial charge on any atom is 0.106 e. The Hall–Kier alpha value is -1.31. The molecule has 0 aromatic heterocycles. The van der Waals surface area contributed by atoms with Crippen molar-refractivity contribution in [3.8, 4) is 0 Å². The third-order valence-electron chi connectivity index (χ3n) is 2.46. The molecule has 0 fully saturated rings. The van der Waals surface area contributed by atoms with Crippen LogP contribution in [0.2, 0.25) is 0 Å². The highest BCUT2D eigenvalue weighted by molar-refractivity contribution is 6.00. The Balaban J connectivity index is 2.24. The van der Waals surface area contributed by atoms with Gasteiger partial charge in [-0.15, -0.1) is 0 Å². The molecule has 74 valence electrons. The molecule has 0 aliphatic carbocycles. The summed E-state index contributed by atoms with van der Waals surface area (Å²) in [6.07, 6.45) is 0. The predicted octanol–water partition coefficient (Wildman–Crippen LogP) is 2.56. The van der Waals surface area contributed by atoms with Crippen LogP contribution in [0.4, 0.5) is 5.69 Å². The van der Waals surface area contributed by atoms with Crippen LogP contribution in [0.5, 0.6) is 0 Å². The number of para-hydroxylation sites is 1. The van der Waals surface area contributed by atoms with Crippen molar-refractivity contribution < 1.29 is 0 Å². The van der Waals surface area contributed by atoms with Gasteiger partial charge < -0.3 is 4.90 Å². The maximum atomic E-state index is 4.54. The lowest BCUT2D eigenvalue weighted by molar-refractivity contribution is 0.864. The number of hydrogen-bond donors (Lipinski definition) is 0. The average Bonchev–Trinajstić information content (AvgIpc) is 2.67. The Morgan fingerprint density at radius 1 is 1.21 bits per heavy atom. The summed E-state index contributed by atoms with van der Waals surface area (Å²) in [6, 6.07) is 10.5. The van der Waals surface area contributed by atoms with E-state index >= 15 is 0 Å². The molecular weight excluding hydrogens is 172 g/mol. The molecule has 1 aromatic carbocycles. The van der Waals surface area contributed by atoms with Crippen LogP contribution in [0, 0.1) is 5.92 Å². The van der Waals surface area contributed by atoms with E-state index in [0.717, 1.165) is 13.1 Å². The van der Waals surface area contributed by atoms with Crippen molar-refractivity contribution in [3.63, 3.8) is 0 Å². The summed E-state index contributed by atoms with van der Waals surface area (Å²) in [5.74, 6) is 1.73. The SMILES string of the molecule is CC(C)C1=NCCN1c1ccccc1. The summed E-state index contributed by atoms with van der Waals surface area (Å²) in [6.45, 7) is 6.35. The lowest BCUT2D eigenvalue weighted by atomic mass is 10.1. The molecule has 1 aromatic rings. The predicted molar refractivity (Wildman–Crippen MR) is 60.9 cm³/mol. The Morgan fingerprint density at radius 2 is 1.93 bits per heavy atom. The zero-order valence-corrected chi connectivity index (χ0v) is 8.77. The number of anilines is 1. The van der Waals surface area contributed by atoms with Crippen molar-refractivity contribution in [2.75, 3.05) is 18.0 Å². The van der Waals surface area contributed by atoms with Crippen molar-refractivity contribution in [2.45, 2.75) is 13.8 Å². The molecule has 0 unspecified atom stereocenters. The quantitative estimate of drug-likeness (QED) is 0.696. The summed E-state index contributed by atoms with van der Waals surface area (Å²) >= 11 is 0. The van der Waals surface area contributed by atoms with E-state index in [0.29, 0.717) is 5.92 Å². The third-order valence-corrected chi connectivity index (χ3v) is 2.46. The Labute approximate surface area is 85.3 Å². The van der Waals surface area contributed by atoms with Gasteiger partial charge in [-0.05, 0) is 12.1 Å². The van der Waals surface area contributed by atoms with Crippen molar-refractivity contribution in [1.29, 1.82) is 0 Å². The van der Waals surface area contributed by atoms with Gasteiger partial charge in [-0.1, -0.05) is 32.0 Å². The molecule has 2 nitrogen and oxygen atoms in total. The first-order valence-electron chi connectivity index (χ1n) is 5.16. The molecule has 0 amide bonds. The van der Waals surface area contributed by atoms with Gasteiger partial charge in [0.05, 0.1) is 6.54 Å². The minimum absolute atomic E-state index is 0.512. The van der Waals surface area contributed by atoms with Crippen molar-refractivity contribution in [2.24, 2.45) is 10.9 Å².